The standard InChI is InChI=1S/C12H6N3O.Na/c13-7-10(8-14)12-6-11(15-16-12)9-4-2-1-3-5-9;/h1-6H;/q-1;+1. The summed E-state index contributed by atoms with van der Waals surface area (Å²) in [6.45, 7) is 0. The maximum Gasteiger partial charge on any atom is 1.00 e. The first-order valence-electron chi connectivity index (χ1n) is 4.55. The van der Waals surface area contributed by atoms with E-state index in [1.165, 1.54) is 0 Å². The number of aromatic nitrogens is 1. The van der Waals surface area contributed by atoms with Crippen molar-refractivity contribution in [2.24, 2.45) is 0 Å². The minimum Gasteiger partial charge on any atom is -0.394 e. The van der Waals surface area contributed by atoms with Gasteiger partial charge in [0, 0.05) is 29.5 Å². The fourth-order valence-corrected chi connectivity index (χ4v) is 1.27. The molecule has 1 aromatic carbocycles. The second-order valence-corrected chi connectivity index (χ2v) is 3.04. The third kappa shape index (κ3) is 2.89. The number of rotatable bonds is 2. The van der Waals surface area contributed by atoms with Crippen LogP contribution < -0.4 is 29.6 Å². The third-order valence-corrected chi connectivity index (χ3v) is 2.05. The van der Waals surface area contributed by atoms with Gasteiger partial charge in [0.2, 0.25) is 0 Å². The zero-order valence-electron chi connectivity index (χ0n) is 9.21. The van der Waals surface area contributed by atoms with E-state index in [-0.39, 0.29) is 41.2 Å². The quantitative estimate of drug-likeness (QED) is 0.506. The summed E-state index contributed by atoms with van der Waals surface area (Å²) in [5.74, 6) is 0.124. The van der Waals surface area contributed by atoms with E-state index in [4.69, 9.17) is 15.0 Å². The minimum absolute atomic E-state index is 0. The van der Waals surface area contributed by atoms with E-state index in [0.717, 1.165) is 5.56 Å². The minimum atomic E-state index is -0.0744. The van der Waals surface area contributed by atoms with Crippen LogP contribution in [-0.4, -0.2) is 5.16 Å². The fourth-order valence-electron chi connectivity index (χ4n) is 1.27. The molecule has 0 aliphatic heterocycles. The van der Waals surface area contributed by atoms with Crippen molar-refractivity contribution in [2.45, 2.75) is 0 Å². The normalized spacial score (nSPS) is 8.59. The van der Waals surface area contributed by atoms with Crippen LogP contribution in [0.1, 0.15) is 5.76 Å². The van der Waals surface area contributed by atoms with Crippen LogP contribution in [0.4, 0.5) is 0 Å². The van der Waals surface area contributed by atoms with E-state index >= 15 is 0 Å². The Balaban J connectivity index is 0.00000144. The van der Waals surface area contributed by atoms with Gasteiger partial charge < -0.3 is 4.52 Å². The van der Waals surface area contributed by atoms with E-state index in [2.05, 4.69) is 5.16 Å². The predicted octanol–water partition coefficient (Wildman–Crippen LogP) is -0.685. The summed E-state index contributed by atoms with van der Waals surface area (Å²) < 4.78 is 4.93. The average molecular weight is 231 g/mol. The topological polar surface area (TPSA) is 73.6 Å². The molecule has 0 amide bonds. The van der Waals surface area contributed by atoms with Gasteiger partial charge in [-0.15, -0.1) is 11.2 Å². The van der Waals surface area contributed by atoms with Crippen molar-refractivity contribution in [3.8, 4) is 23.4 Å². The summed E-state index contributed by atoms with van der Waals surface area (Å²) in [5, 5.41) is 21.1. The molecule has 2 rings (SSSR count). The molecule has 1 aromatic heterocycles. The van der Waals surface area contributed by atoms with Crippen molar-refractivity contribution < 1.29 is 34.1 Å². The Bertz CT molecular complexity index is 551. The second kappa shape index (κ2) is 6.12. The van der Waals surface area contributed by atoms with Gasteiger partial charge in [-0.3, -0.25) is 0 Å². The Morgan fingerprint density at radius 1 is 1.12 bits per heavy atom. The van der Waals surface area contributed by atoms with E-state index < -0.39 is 0 Å². The van der Waals surface area contributed by atoms with Crippen LogP contribution in [0.25, 0.3) is 11.3 Å². The van der Waals surface area contributed by atoms with Crippen molar-refractivity contribution in [1.82, 2.24) is 5.16 Å². The van der Waals surface area contributed by atoms with Gasteiger partial charge in [-0.2, -0.15) is 0 Å². The van der Waals surface area contributed by atoms with Gasteiger partial charge in [-0.05, 0) is 5.56 Å². The molecular formula is C12H6N3NaO. The number of nitrogens with zero attached hydrogens (tertiary/aromatic N) is 3. The van der Waals surface area contributed by atoms with Crippen LogP contribution in [0.5, 0.6) is 0 Å². The molecule has 0 N–H and O–H groups in total. The molecule has 0 unspecified atom stereocenters. The van der Waals surface area contributed by atoms with Crippen molar-refractivity contribution >= 4 is 0 Å². The first-order valence-corrected chi connectivity index (χ1v) is 4.55. The van der Waals surface area contributed by atoms with Gasteiger partial charge in [0.15, 0.2) is 0 Å². The Hall–Kier alpha value is -1.72. The molecule has 0 fully saturated rings. The van der Waals surface area contributed by atoms with Crippen LogP contribution in [0.15, 0.2) is 40.9 Å². The first kappa shape index (κ1) is 13.3. The Morgan fingerprint density at radius 3 is 2.35 bits per heavy atom. The predicted molar refractivity (Wildman–Crippen MR) is 55.5 cm³/mol. The number of nitriles is 2. The van der Waals surface area contributed by atoms with Crippen molar-refractivity contribution in [1.29, 1.82) is 10.5 Å². The smallest absolute Gasteiger partial charge is 0.394 e. The molecule has 0 bridgehead atoms. The molecule has 0 spiro atoms. The van der Waals surface area contributed by atoms with Crippen LogP contribution in [-0.2, 0) is 0 Å². The molecule has 0 aliphatic carbocycles. The summed E-state index contributed by atoms with van der Waals surface area (Å²) >= 11 is 0. The molecule has 2 aromatic rings. The molecular weight excluding hydrogens is 225 g/mol. The fraction of sp³-hybridized carbons (Fsp3) is 0. The third-order valence-electron chi connectivity index (χ3n) is 2.05. The molecule has 5 heteroatoms. The second-order valence-electron chi connectivity index (χ2n) is 3.04. The maximum absolute atomic E-state index is 8.66. The summed E-state index contributed by atoms with van der Waals surface area (Å²) in [6.07, 6.45) is 0. The molecule has 17 heavy (non-hydrogen) atoms. The number of hydrogen-bond donors (Lipinski definition) is 0. The monoisotopic (exact) mass is 231 g/mol. The Morgan fingerprint density at radius 2 is 1.76 bits per heavy atom. The number of benzene rings is 1. The van der Waals surface area contributed by atoms with Gasteiger partial charge in [0.25, 0.3) is 0 Å². The molecule has 0 saturated heterocycles. The maximum atomic E-state index is 8.66. The van der Waals surface area contributed by atoms with Crippen molar-refractivity contribution in [3.63, 3.8) is 0 Å². The van der Waals surface area contributed by atoms with Crippen LogP contribution >= 0.6 is 0 Å². The van der Waals surface area contributed by atoms with E-state index in [9.17, 15) is 0 Å². The first-order chi connectivity index (χ1) is 7.85. The van der Waals surface area contributed by atoms with Gasteiger partial charge in [0.05, 0.1) is 0 Å². The van der Waals surface area contributed by atoms with E-state index in [1.54, 1.807) is 18.2 Å². The largest absolute Gasteiger partial charge is 1.00 e. The molecule has 0 saturated carbocycles. The van der Waals surface area contributed by atoms with Crippen LogP contribution in [0.3, 0.4) is 0 Å². The molecule has 0 atom stereocenters. The SMILES string of the molecule is N#C[C-](C#N)c1cc(-c2ccccc2)no1.[Na+]. The molecule has 0 radical (unpaired) electrons. The van der Waals surface area contributed by atoms with Gasteiger partial charge in [-0.25, -0.2) is 10.5 Å². The van der Waals surface area contributed by atoms with Gasteiger partial charge in [0.1, 0.15) is 0 Å². The summed E-state index contributed by atoms with van der Waals surface area (Å²) in [5.41, 5.74) is 1.49. The Labute approximate surface area is 121 Å². The zero-order valence-corrected chi connectivity index (χ0v) is 11.2. The van der Waals surface area contributed by atoms with Crippen LogP contribution in [0.2, 0.25) is 0 Å². The molecule has 4 nitrogen and oxygen atoms in total. The Kier molecular flexibility index (Phi) is 4.81. The average Bonchev–Trinajstić information content (AvgIpc) is 2.81. The molecule has 76 valence electrons. The van der Waals surface area contributed by atoms with Gasteiger partial charge >= 0.3 is 29.6 Å². The van der Waals surface area contributed by atoms with E-state index in [1.807, 2.05) is 30.3 Å². The van der Waals surface area contributed by atoms with Crippen molar-refractivity contribution in [2.75, 3.05) is 0 Å². The molecule has 1 heterocycles. The molecule has 0 aliphatic rings. The summed E-state index contributed by atoms with van der Waals surface area (Å²) in [4.78, 5) is 0. The number of hydrogen-bond acceptors (Lipinski definition) is 4. The van der Waals surface area contributed by atoms with Gasteiger partial charge in [-0.1, -0.05) is 30.3 Å². The summed E-state index contributed by atoms with van der Waals surface area (Å²) in [6, 6.07) is 14.5. The zero-order chi connectivity index (χ0) is 11.4. The van der Waals surface area contributed by atoms with E-state index in [0.29, 0.717) is 5.69 Å². The van der Waals surface area contributed by atoms with Crippen molar-refractivity contribution in [3.05, 3.63) is 48.1 Å². The van der Waals surface area contributed by atoms with Crippen LogP contribution in [0, 0.1) is 28.6 Å². The summed E-state index contributed by atoms with van der Waals surface area (Å²) in [7, 11) is 0.